The van der Waals surface area contributed by atoms with Gasteiger partial charge in [0.15, 0.2) is 0 Å². The molecule has 0 amide bonds. The fourth-order valence-electron chi connectivity index (χ4n) is 2.76. The molecule has 3 rings (SSSR count). The van der Waals surface area contributed by atoms with Crippen molar-refractivity contribution in [3.05, 3.63) is 64.5 Å². The molecule has 1 heterocycles. The maximum Gasteiger partial charge on any atom is 0.127 e. The molecule has 1 aliphatic rings. The SMILES string of the molecule is Cc1ccc2c(c1)C(O)CC(c1ccc(F)cc1C)O2. The van der Waals surface area contributed by atoms with E-state index in [1.165, 1.54) is 12.1 Å². The summed E-state index contributed by atoms with van der Waals surface area (Å²) in [6, 6.07) is 10.5. The van der Waals surface area contributed by atoms with Crippen LogP contribution in [0.25, 0.3) is 0 Å². The molecule has 0 bridgehead atoms. The van der Waals surface area contributed by atoms with Crippen LogP contribution in [0.4, 0.5) is 4.39 Å². The smallest absolute Gasteiger partial charge is 0.127 e. The first-order valence-corrected chi connectivity index (χ1v) is 6.76. The lowest BCUT2D eigenvalue weighted by Crippen LogP contribution is -2.20. The molecule has 2 atom stereocenters. The summed E-state index contributed by atoms with van der Waals surface area (Å²) >= 11 is 0. The largest absolute Gasteiger partial charge is 0.485 e. The van der Waals surface area contributed by atoms with Gasteiger partial charge in [0, 0.05) is 12.0 Å². The molecule has 0 spiro atoms. The summed E-state index contributed by atoms with van der Waals surface area (Å²) in [6.07, 6.45) is -0.294. The van der Waals surface area contributed by atoms with Crippen LogP contribution in [0.15, 0.2) is 36.4 Å². The summed E-state index contributed by atoms with van der Waals surface area (Å²) < 4.78 is 19.2. The molecule has 0 saturated carbocycles. The number of fused-ring (bicyclic) bond motifs is 1. The second-order valence-corrected chi connectivity index (χ2v) is 5.40. The average molecular weight is 272 g/mol. The lowest BCUT2D eigenvalue weighted by Gasteiger charge is -2.31. The van der Waals surface area contributed by atoms with E-state index in [1.807, 2.05) is 32.0 Å². The molecule has 2 nitrogen and oxygen atoms in total. The Balaban J connectivity index is 1.97. The summed E-state index contributed by atoms with van der Waals surface area (Å²) in [5.41, 5.74) is 3.71. The minimum atomic E-state index is -0.548. The van der Waals surface area contributed by atoms with Crippen molar-refractivity contribution in [2.24, 2.45) is 0 Å². The molecule has 104 valence electrons. The van der Waals surface area contributed by atoms with Crippen LogP contribution in [-0.2, 0) is 0 Å². The maximum atomic E-state index is 13.2. The molecule has 0 aromatic heterocycles. The van der Waals surface area contributed by atoms with Crippen LogP contribution in [0, 0.1) is 19.7 Å². The number of hydrogen-bond donors (Lipinski definition) is 1. The van der Waals surface area contributed by atoms with Crippen LogP contribution in [-0.4, -0.2) is 5.11 Å². The highest BCUT2D eigenvalue weighted by Gasteiger charge is 2.28. The van der Waals surface area contributed by atoms with Gasteiger partial charge in [-0.05, 0) is 49.2 Å². The van der Waals surface area contributed by atoms with Gasteiger partial charge in [-0.1, -0.05) is 17.7 Å². The second kappa shape index (κ2) is 4.91. The number of aryl methyl sites for hydroxylation is 2. The number of rotatable bonds is 1. The van der Waals surface area contributed by atoms with E-state index in [4.69, 9.17) is 4.74 Å². The molecular formula is C17H17FO2. The number of aliphatic hydroxyl groups excluding tert-OH is 1. The molecule has 0 aliphatic carbocycles. The van der Waals surface area contributed by atoms with Crippen LogP contribution in [0.1, 0.15) is 40.9 Å². The molecule has 3 heteroatoms. The van der Waals surface area contributed by atoms with E-state index < -0.39 is 6.10 Å². The molecule has 2 unspecified atom stereocenters. The van der Waals surface area contributed by atoms with E-state index in [2.05, 4.69) is 0 Å². The number of ether oxygens (including phenoxy) is 1. The van der Waals surface area contributed by atoms with Gasteiger partial charge in [-0.15, -0.1) is 0 Å². The minimum Gasteiger partial charge on any atom is -0.485 e. The molecular weight excluding hydrogens is 255 g/mol. The zero-order chi connectivity index (χ0) is 14.3. The zero-order valence-electron chi connectivity index (χ0n) is 11.6. The molecule has 2 aromatic rings. The fraction of sp³-hybridized carbons (Fsp3) is 0.294. The lowest BCUT2D eigenvalue weighted by molar-refractivity contribution is 0.0653. The van der Waals surface area contributed by atoms with Crippen LogP contribution in [0.3, 0.4) is 0 Å². The van der Waals surface area contributed by atoms with Crippen LogP contribution < -0.4 is 4.74 Å². The minimum absolute atomic E-state index is 0.235. The second-order valence-electron chi connectivity index (χ2n) is 5.40. The Morgan fingerprint density at radius 3 is 2.65 bits per heavy atom. The van der Waals surface area contributed by atoms with Gasteiger partial charge in [-0.3, -0.25) is 0 Å². The van der Waals surface area contributed by atoms with E-state index in [0.717, 1.165) is 22.3 Å². The van der Waals surface area contributed by atoms with Gasteiger partial charge in [0.1, 0.15) is 17.7 Å². The molecule has 0 fully saturated rings. The molecule has 1 aliphatic heterocycles. The molecule has 1 N–H and O–H groups in total. The van der Waals surface area contributed by atoms with Crippen molar-refractivity contribution in [3.8, 4) is 5.75 Å². The third kappa shape index (κ3) is 2.29. The van der Waals surface area contributed by atoms with Crippen molar-refractivity contribution >= 4 is 0 Å². The van der Waals surface area contributed by atoms with Crippen LogP contribution in [0.2, 0.25) is 0 Å². The van der Waals surface area contributed by atoms with Gasteiger partial charge in [0.05, 0.1) is 6.10 Å². The predicted molar refractivity (Wildman–Crippen MR) is 75.3 cm³/mol. The first kappa shape index (κ1) is 13.1. The van der Waals surface area contributed by atoms with Crippen molar-refractivity contribution in [3.63, 3.8) is 0 Å². The number of benzene rings is 2. The maximum absolute atomic E-state index is 13.2. The van der Waals surface area contributed by atoms with Crippen LogP contribution in [0.5, 0.6) is 5.75 Å². The number of aliphatic hydroxyl groups is 1. The Labute approximate surface area is 117 Å². The van der Waals surface area contributed by atoms with Gasteiger partial charge < -0.3 is 9.84 Å². The molecule has 2 aromatic carbocycles. The van der Waals surface area contributed by atoms with Crippen molar-refractivity contribution in [2.45, 2.75) is 32.5 Å². The van der Waals surface area contributed by atoms with Gasteiger partial charge in [-0.25, -0.2) is 4.39 Å². The first-order valence-electron chi connectivity index (χ1n) is 6.76. The van der Waals surface area contributed by atoms with Crippen molar-refractivity contribution < 1.29 is 14.2 Å². The fourth-order valence-corrected chi connectivity index (χ4v) is 2.76. The Morgan fingerprint density at radius 2 is 1.90 bits per heavy atom. The van der Waals surface area contributed by atoms with E-state index >= 15 is 0 Å². The Hall–Kier alpha value is -1.87. The average Bonchev–Trinajstić information content (AvgIpc) is 2.39. The number of hydrogen-bond acceptors (Lipinski definition) is 2. The summed E-state index contributed by atoms with van der Waals surface area (Å²) in [5.74, 6) is 0.460. The van der Waals surface area contributed by atoms with E-state index in [9.17, 15) is 9.50 Å². The van der Waals surface area contributed by atoms with E-state index in [0.29, 0.717) is 12.2 Å². The lowest BCUT2D eigenvalue weighted by atomic mass is 9.92. The van der Waals surface area contributed by atoms with Crippen molar-refractivity contribution in [1.82, 2.24) is 0 Å². The normalized spacial score (nSPS) is 21.2. The summed E-state index contributed by atoms with van der Waals surface area (Å²) in [6.45, 7) is 3.85. The summed E-state index contributed by atoms with van der Waals surface area (Å²) in [5, 5.41) is 10.3. The van der Waals surface area contributed by atoms with Gasteiger partial charge in [0.2, 0.25) is 0 Å². The van der Waals surface area contributed by atoms with E-state index in [1.54, 1.807) is 6.07 Å². The van der Waals surface area contributed by atoms with Gasteiger partial charge in [-0.2, -0.15) is 0 Å². The highest BCUT2D eigenvalue weighted by Crippen LogP contribution is 2.41. The summed E-state index contributed by atoms with van der Waals surface area (Å²) in [4.78, 5) is 0. The topological polar surface area (TPSA) is 29.5 Å². The van der Waals surface area contributed by atoms with Crippen molar-refractivity contribution in [1.29, 1.82) is 0 Å². The molecule has 20 heavy (non-hydrogen) atoms. The summed E-state index contributed by atoms with van der Waals surface area (Å²) in [7, 11) is 0. The molecule has 0 saturated heterocycles. The van der Waals surface area contributed by atoms with Gasteiger partial charge >= 0.3 is 0 Å². The monoisotopic (exact) mass is 272 g/mol. The first-order chi connectivity index (χ1) is 9.54. The Kier molecular flexibility index (Phi) is 3.22. The Bertz CT molecular complexity index is 651. The third-order valence-corrected chi connectivity index (χ3v) is 3.81. The third-order valence-electron chi connectivity index (χ3n) is 3.81. The quantitative estimate of drug-likeness (QED) is 0.850. The highest BCUT2D eigenvalue weighted by molar-refractivity contribution is 5.42. The highest BCUT2D eigenvalue weighted by atomic mass is 19.1. The zero-order valence-corrected chi connectivity index (χ0v) is 11.6. The predicted octanol–water partition coefficient (Wildman–Crippen LogP) is 4.00. The standard InChI is InChI=1S/C17H17FO2/c1-10-3-6-16-14(7-10)15(19)9-17(20-16)13-5-4-12(18)8-11(13)2/h3-8,15,17,19H,9H2,1-2H3. The van der Waals surface area contributed by atoms with Crippen molar-refractivity contribution in [2.75, 3.05) is 0 Å². The van der Waals surface area contributed by atoms with E-state index in [-0.39, 0.29) is 11.9 Å². The van der Waals surface area contributed by atoms with Crippen LogP contribution >= 0.6 is 0 Å². The van der Waals surface area contributed by atoms with Gasteiger partial charge in [0.25, 0.3) is 0 Å². The molecule has 0 radical (unpaired) electrons. The Morgan fingerprint density at radius 1 is 1.10 bits per heavy atom. The number of halogens is 1.